The van der Waals surface area contributed by atoms with Crippen molar-refractivity contribution in [3.8, 4) is 17.0 Å². The number of nitrogens with one attached hydrogen (secondary N) is 1. The first-order valence-corrected chi connectivity index (χ1v) is 9.10. The van der Waals surface area contributed by atoms with Crippen molar-refractivity contribution in [2.24, 2.45) is 7.05 Å². The summed E-state index contributed by atoms with van der Waals surface area (Å²) in [6.07, 6.45) is -0.675. The maximum atomic E-state index is 12.4. The number of carbonyl (C=O) groups excluding carboxylic acids is 1. The molecule has 3 rings (SSSR count). The maximum Gasteiger partial charge on any atom is 0.266 e. The lowest BCUT2D eigenvalue weighted by Crippen LogP contribution is -2.30. The Labute approximate surface area is 167 Å². The van der Waals surface area contributed by atoms with E-state index in [1.165, 1.54) is 10.7 Å². The minimum atomic E-state index is -0.675. The van der Waals surface area contributed by atoms with Crippen molar-refractivity contribution in [1.29, 1.82) is 0 Å². The minimum absolute atomic E-state index is 0.169. The fourth-order valence-electron chi connectivity index (χ4n) is 2.57. The van der Waals surface area contributed by atoms with Crippen LogP contribution >= 0.6 is 11.6 Å². The fourth-order valence-corrected chi connectivity index (χ4v) is 2.69. The van der Waals surface area contributed by atoms with E-state index in [2.05, 4.69) is 10.4 Å². The summed E-state index contributed by atoms with van der Waals surface area (Å²) in [5.74, 6) is 0.321. The number of ether oxygens (including phenoxy) is 1. The third-order valence-electron chi connectivity index (χ3n) is 4.22. The first kappa shape index (κ1) is 19.6. The first-order chi connectivity index (χ1) is 13.3. The number of halogens is 1. The van der Waals surface area contributed by atoms with Crippen LogP contribution in [0.25, 0.3) is 11.3 Å². The summed E-state index contributed by atoms with van der Waals surface area (Å²) in [6, 6.07) is 15.6. The second-order valence-electron chi connectivity index (χ2n) is 6.42. The highest BCUT2D eigenvalue weighted by Crippen LogP contribution is 2.22. The Bertz CT molecular complexity index is 1060. The van der Waals surface area contributed by atoms with E-state index in [0.717, 1.165) is 11.1 Å². The summed E-state index contributed by atoms with van der Waals surface area (Å²) in [6.45, 7) is 3.56. The lowest BCUT2D eigenvalue weighted by Gasteiger charge is -2.15. The van der Waals surface area contributed by atoms with Crippen molar-refractivity contribution in [2.75, 3.05) is 5.32 Å². The van der Waals surface area contributed by atoms with E-state index < -0.39 is 6.10 Å². The van der Waals surface area contributed by atoms with Crippen LogP contribution in [0.2, 0.25) is 5.02 Å². The molecule has 0 fully saturated rings. The predicted molar refractivity (Wildman–Crippen MR) is 110 cm³/mol. The molecular formula is C21H20ClN3O3. The topological polar surface area (TPSA) is 73.2 Å². The van der Waals surface area contributed by atoms with Crippen LogP contribution in [0.15, 0.2) is 59.4 Å². The number of rotatable bonds is 5. The molecule has 0 saturated carbocycles. The largest absolute Gasteiger partial charge is 0.481 e. The average Bonchev–Trinajstić information content (AvgIpc) is 2.67. The van der Waals surface area contributed by atoms with Gasteiger partial charge < -0.3 is 10.1 Å². The van der Waals surface area contributed by atoms with Crippen molar-refractivity contribution >= 4 is 23.2 Å². The van der Waals surface area contributed by atoms with E-state index >= 15 is 0 Å². The summed E-state index contributed by atoms with van der Waals surface area (Å²) in [4.78, 5) is 23.8. The van der Waals surface area contributed by atoms with Gasteiger partial charge in [0, 0.05) is 29.4 Å². The highest BCUT2D eigenvalue weighted by Gasteiger charge is 2.15. The molecule has 28 heavy (non-hydrogen) atoms. The van der Waals surface area contributed by atoms with E-state index in [9.17, 15) is 9.59 Å². The summed E-state index contributed by atoms with van der Waals surface area (Å²) < 4.78 is 6.97. The Morgan fingerprint density at radius 2 is 1.86 bits per heavy atom. The maximum absolute atomic E-state index is 12.4. The van der Waals surface area contributed by atoms with Gasteiger partial charge in [-0.05, 0) is 55.8 Å². The van der Waals surface area contributed by atoms with Crippen LogP contribution in [0.5, 0.6) is 5.75 Å². The van der Waals surface area contributed by atoms with Crippen molar-refractivity contribution in [3.63, 3.8) is 0 Å². The van der Waals surface area contributed by atoms with Gasteiger partial charge in [0.05, 0.1) is 5.69 Å². The van der Waals surface area contributed by atoms with Crippen LogP contribution < -0.4 is 15.6 Å². The molecule has 1 amide bonds. The Morgan fingerprint density at radius 3 is 2.50 bits per heavy atom. The summed E-state index contributed by atoms with van der Waals surface area (Å²) in [7, 11) is 1.60. The van der Waals surface area contributed by atoms with Gasteiger partial charge in [-0.25, -0.2) is 4.68 Å². The molecule has 2 aromatic carbocycles. The Balaban J connectivity index is 1.65. The summed E-state index contributed by atoms with van der Waals surface area (Å²) >= 11 is 6.00. The molecule has 144 valence electrons. The van der Waals surface area contributed by atoms with E-state index in [1.54, 1.807) is 50.4 Å². The molecule has 1 aromatic heterocycles. The second-order valence-corrected chi connectivity index (χ2v) is 6.83. The van der Waals surface area contributed by atoms with Gasteiger partial charge >= 0.3 is 0 Å². The second kappa shape index (κ2) is 8.27. The monoisotopic (exact) mass is 397 g/mol. The van der Waals surface area contributed by atoms with Gasteiger partial charge in [-0.3, -0.25) is 9.59 Å². The zero-order valence-electron chi connectivity index (χ0n) is 15.8. The van der Waals surface area contributed by atoms with Crippen LogP contribution in [0.3, 0.4) is 0 Å². The lowest BCUT2D eigenvalue weighted by atomic mass is 10.1. The van der Waals surface area contributed by atoms with Crippen LogP contribution in [0.4, 0.5) is 5.69 Å². The normalized spacial score (nSPS) is 11.7. The van der Waals surface area contributed by atoms with Gasteiger partial charge in [0.15, 0.2) is 6.10 Å². The van der Waals surface area contributed by atoms with Crippen molar-refractivity contribution in [1.82, 2.24) is 9.78 Å². The predicted octanol–water partition coefficient (Wildman–Crippen LogP) is 3.82. The molecular weight excluding hydrogens is 378 g/mol. The SMILES string of the molecule is Cc1cc(OC(C)C(=O)Nc2ccc(-c3ccc(=O)n(C)n3)cc2)ccc1Cl. The zero-order chi connectivity index (χ0) is 20.3. The number of aryl methyl sites for hydroxylation is 2. The van der Waals surface area contributed by atoms with Gasteiger partial charge in [0.1, 0.15) is 5.75 Å². The molecule has 0 bridgehead atoms. The molecule has 1 atom stereocenters. The molecule has 0 radical (unpaired) electrons. The highest BCUT2D eigenvalue weighted by atomic mass is 35.5. The molecule has 1 heterocycles. The number of benzene rings is 2. The number of hydrogen-bond donors (Lipinski definition) is 1. The lowest BCUT2D eigenvalue weighted by molar-refractivity contribution is -0.122. The number of aromatic nitrogens is 2. The molecule has 0 saturated heterocycles. The molecule has 3 aromatic rings. The van der Waals surface area contributed by atoms with Crippen molar-refractivity contribution < 1.29 is 9.53 Å². The van der Waals surface area contributed by atoms with Crippen molar-refractivity contribution in [3.05, 3.63) is 75.5 Å². The summed E-state index contributed by atoms with van der Waals surface area (Å²) in [5, 5.41) is 7.68. The number of nitrogens with zero attached hydrogens (tertiary/aromatic N) is 2. The first-order valence-electron chi connectivity index (χ1n) is 8.72. The quantitative estimate of drug-likeness (QED) is 0.710. The molecule has 7 heteroatoms. The van der Waals surface area contributed by atoms with E-state index in [-0.39, 0.29) is 11.5 Å². The van der Waals surface area contributed by atoms with Gasteiger partial charge in [-0.2, -0.15) is 5.10 Å². The molecule has 0 spiro atoms. The van der Waals surface area contributed by atoms with E-state index in [0.29, 0.717) is 22.2 Å². The number of anilines is 1. The fraction of sp³-hybridized carbons (Fsp3) is 0.190. The smallest absolute Gasteiger partial charge is 0.266 e. The van der Waals surface area contributed by atoms with Crippen LogP contribution in [0.1, 0.15) is 12.5 Å². The zero-order valence-corrected chi connectivity index (χ0v) is 16.5. The Morgan fingerprint density at radius 1 is 1.14 bits per heavy atom. The standard InChI is InChI=1S/C21H20ClN3O3/c1-13-12-17(8-9-18(13)22)28-14(2)21(27)23-16-6-4-15(5-7-16)19-10-11-20(26)25(3)24-19/h4-12,14H,1-3H3,(H,23,27). The number of hydrogen-bond acceptors (Lipinski definition) is 4. The number of carbonyl (C=O) groups is 1. The molecule has 0 aliphatic rings. The van der Waals surface area contributed by atoms with Crippen molar-refractivity contribution in [2.45, 2.75) is 20.0 Å². The van der Waals surface area contributed by atoms with E-state index in [4.69, 9.17) is 16.3 Å². The third-order valence-corrected chi connectivity index (χ3v) is 4.64. The molecule has 1 unspecified atom stereocenters. The molecule has 6 nitrogen and oxygen atoms in total. The number of amides is 1. The van der Waals surface area contributed by atoms with Gasteiger partial charge in [0.25, 0.3) is 11.5 Å². The summed E-state index contributed by atoms with van der Waals surface area (Å²) in [5.41, 5.74) is 2.87. The Kier molecular flexibility index (Phi) is 5.80. The molecule has 0 aliphatic heterocycles. The van der Waals surface area contributed by atoms with E-state index in [1.807, 2.05) is 19.1 Å². The average molecular weight is 398 g/mol. The van der Waals surface area contributed by atoms with Gasteiger partial charge in [0.2, 0.25) is 0 Å². The van der Waals surface area contributed by atoms with Crippen LogP contribution in [-0.2, 0) is 11.8 Å². The van der Waals surface area contributed by atoms with Crippen LogP contribution in [0, 0.1) is 6.92 Å². The van der Waals surface area contributed by atoms with Gasteiger partial charge in [-0.15, -0.1) is 0 Å². The highest BCUT2D eigenvalue weighted by molar-refractivity contribution is 6.31. The minimum Gasteiger partial charge on any atom is -0.481 e. The Hall–Kier alpha value is -3.12. The van der Waals surface area contributed by atoms with Gasteiger partial charge in [-0.1, -0.05) is 23.7 Å². The molecule has 1 N–H and O–H groups in total. The molecule has 0 aliphatic carbocycles. The van der Waals surface area contributed by atoms with Crippen LogP contribution in [-0.4, -0.2) is 21.8 Å². The third kappa shape index (κ3) is 4.58.